The first kappa shape index (κ1) is 16.5. The maximum Gasteiger partial charge on any atom is 0.164 e. The Bertz CT molecular complexity index is 760. The van der Waals surface area contributed by atoms with E-state index in [1.165, 1.54) is 0 Å². The molecule has 1 atom stereocenters. The van der Waals surface area contributed by atoms with Gasteiger partial charge in [-0.25, -0.2) is 0 Å². The minimum absolute atomic E-state index is 0.148. The third-order valence-corrected chi connectivity index (χ3v) is 7.71. The van der Waals surface area contributed by atoms with Gasteiger partial charge in [0, 0.05) is 16.3 Å². The predicted molar refractivity (Wildman–Crippen MR) is 104 cm³/mol. The Labute approximate surface area is 143 Å². The van der Waals surface area contributed by atoms with Crippen LogP contribution in [0.3, 0.4) is 0 Å². The molecular weight excluding hydrogens is 313 g/mol. The lowest BCUT2D eigenvalue weighted by Crippen LogP contribution is -2.30. The van der Waals surface area contributed by atoms with E-state index in [-0.39, 0.29) is 5.78 Å². The van der Waals surface area contributed by atoms with Crippen molar-refractivity contribution in [2.75, 3.05) is 5.32 Å². The molecule has 0 bridgehead atoms. The zero-order chi connectivity index (χ0) is 16.8. The highest BCUT2D eigenvalue weighted by atomic mass is 31.2. The molecule has 0 aliphatic carbocycles. The highest BCUT2D eigenvalue weighted by Crippen LogP contribution is 2.49. The Morgan fingerprint density at radius 1 is 0.750 bits per heavy atom. The van der Waals surface area contributed by atoms with Crippen molar-refractivity contribution in [3.05, 3.63) is 91.0 Å². The minimum atomic E-state index is -2.81. The third kappa shape index (κ3) is 3.29. The van der Waals surface area contributed by atoms with Crippen molar-refractivity contribution >= 4 is 23.4 Å². The lowest BCUT2D eigenvalue weighted by molar-refractivity contribution is 0.578. The van der Waals surface area contributed by atoms with Crippen LogP contribution >= 0.6 is 7.14 Å². The Morgan fingerprint density at radius 3 is 1.58 bits per heavy atom. The largest absolute Gasteiger partial charge is 0.375 e. The smallest absolute Gasteiger partial charge is 0.164 e. The maximum atomic E-state index is 14.3. The van der Waals surface area contributed by atoms with Gasteiger partial charge >= 0.3 is 0 Å². The van der Waals surface area contributed by atoms with E-state index in [0.717, 1.165) is 22.7 Å². The van der Waals surface area contributed by atoms with Crippen LogP contribution in [0.4, 0.5) is 5.69 Å². The van der Waals surface area contributed by atoms with Crippen molar-refractivity contribution in [3.63, 3.8) is 0 Å². The van der Waals surface area contributed by atoms with E-state index in [4.69, 9.17) is 0 Å². The second-order valence-electron chi connectivity index (χ2n) is 5.76. The fraction of sp³-hybridized carbons (Fsp3) is 0.143. The summed E-state index contributed by atoms with van der Waals surface area (Å²) in [6.45, 7) is 2.08. The molecule has 0 aliphatic rings. The van der Waals surface area contributed by atoms with Crippen LogP contribution in [-0.2, 0) is 4.57 Å². The average Bonchev–Trinajstić information content (AvgIpc) is 2.67. The molecule has 0 saturated carbocycles. The van der Waals surface area contributed by atoms with E-state index >= 15 is 0 Å². The van der Waals surface area contributed by atoms with E-state index < -0.39 is 7.14 Å². The summed E-state index contributed by atoms with van der Waals surface area (Å²) in [4.78, 5) is 0. The molecule has 3 aromatic rings. The molecule has 3 rings (SSSR count). The van der Waals surface area contributed by atoms with Crippen LogP contribution in [-0.4, -0.2) is 5.78 Å². The fourth-order valence-electron chi connectivity index (χ4n) is 2.98. The van der Waals surface area contributed by atoms with Gasteiger partial charge in [0.15, 0.2) is 7.14 Å². The lowest BCUT2D eigenvalue weighted by Gasteiger charge is -2.29. The van der Waals surface area contributed by atoms with Crippen molar-refractivity contribution < 1.29 is 4.57 Å². The normalized spacial score (nSPS) is 12.5. The van der Waals surface area contributed by atoms with Crippen molar-refractivity contribution in [1.82, 2.24) is 0 Å². The number of anilines is 1. The number of rotatable bonds is 6. The first-order valence-electron chi connectivity index (χ1n) is 8.27. The van der Waals surface area contributed by atoms with Gasteiger partial charge in [-0.1, -0.05) is 85.8 Å². The average molecular weight is 335 g/mol. The minimum Gasteiger partial charge on any atom is -0.375 e. The molecule has 1 N–H and O–H groups in total. The highest BCUT2D eigenvalue weighted by molar-refractivity contribution is 7.79. The Morgan fingerprint density at radius 2 is 1.17 bits per heavy atom. The number of para-hydroxylation sites is 1. The van der Waals surface area contributed by atoms with Crippen LogP contribution in [0.25, 0.3) is 0 Å². The van der Waals surface area contributed by atoms with Crippen LogP contribution in [0.2, 0.25) is 0 Å². The predicted octanol–water partition coefficient (Wildman–Crippen LogP) is 4.85. The van der Waals surface area contributed by atoms with Crippen molar-refractivity contribution in [3.8, 4) is 0 Å². The number of hydrogen-bond donors (Lipinski definition) is 1. The van der Waals surface area contributed by atoms with Crippen LogP contribution in [0.15, 0.2) is 91.0 Å². The molecule has 0 aromatic heterocycles. The summed E-state index contributed by atoms with van der Waals surface area (Å²) in [5, 5.41) is 5.29. The highest BCUT2D eigenvalue weighted by Gasteiger charge is 2.35. The molecule has 3 aromatic carbocycles. The molecule has 1 unspecified atom stereocenters. The van der Waals surface area contributed by atoms with E-state index in [1.54, 1.807) is 0 Å². The van der Waals surface area contributed by atoms with Gasteiger partial charge in [-0.2, -0.15) is 0 Å². The first-order chi connectivity index (χ1) is 11.7. The molecule has 24 heavy (non-hydrogen) atoms. The topological polar surface area (TPSA) is 29.1 Å². The zero-order valence-electron chi connectivity index (χ0n) is 13.8. The second-order valence-corrected chi connectivity index (χ2v) is 8.74. The summed E-state index contributed by atoms with van der Waals surface area (Å²) < 4.78 is 14.3. The van der Waals surface area contributed by atoms with E-state index in [9.17, 15) is 4.57 Å². The molecule has 122 valence electrons. The number of nitrogens with one attached hydrogen (secondary N) is 1. The van der Waals surface area contributed by atoms with Gasteiger partial charge in [-0.15, -0.1) is 0 Å². The van der Waals surface area contributed by atoms with E-state index in [0.29, 0.717) is 0 Å². The third-order valence-electron chi connectivity index (χ3n) is 4.21. The first-order valence-corrected chi connectivity index (χ1v) is 10.1. The summed E-state index contributed by atoms with van der Waals surface area (Å²) in [5.74, 6) is -0.148. The Hall–Kier alpha value is -2.31. The molecular formula is C21H22NOP. The van der Waals surface area contributed by atoms with Gasteiger partial charge in [0.2, 0.25) is 0 Å². The molecule has 3 heteroatoms. The zero-order valence-corrected chi connectivity index (χ0v) is 14.7. The second kappa shape index (κ2) is 7.51. The summed E-state index contributed by atoms with van der Waals surface area (Å²) in [6.07, 6.45) is 0.774. The molecule has 0 fully saturated rings. The van der Waals surface area contributed by atoms with E-state index in [2.05, 4.69) is 12.2 Å². The van der Waals surface area contributed by atoms with Crippen molar-refractivity contribution in [1.29, 1.82) is 0 Å². The van der Waals surface area contributed by atoms with Gasteiger partial charge in [0.1, 0.15) is 0 Å². The van der Waals surface area contributed by atoms with Gasteiger partial charge < -0.3 is 9.88 Å². The quantitative estimate of drug-likeness (QED) is 0.653. The molecule has 2 nitrogen and oxygen atoms in total. The number of benzene rings is 3. The van der Waals surface area contributed by atoms with Gasteiger partial charge in [0.25, 0.3) is 0 Å². The fourth-order valence-corrected chi connectivity index (χ4v) is 6.08. The number of hydrogen-bond acceptors (Lipinski definition) is 2. The lowest BCUT2D eigenvalue weighted by atomic mass is 10.3. The van der Waals surface area contributed by atoms with Gasteiger partial charge in [-0.05, 0) is 18.6 Å². The van der Waals surface area contributed by atoms with E-state index in [1.807, 2.05) is 91.0 Å². The molecule has 0 heterocycles. The molecule has 0 aliphatic heterocycles. The summed E-state index contributed by atoms with van der Waals surface area (Å²) >= 11 is 0. The van der Waals surface area contributed by atoms with Crippen LogP contribution < -0.4 is 15.9 Å². The Balaban J connectivity index is 2.08. The molecule has 0 amide bonds. The van der Waals surface area contributed by atoms with Crippen LogP contribution in [0.1, 0.15) is 13.3 Å². The molecule has 0 spiro atoms. The summed E-state index contributed by atoms with van der Waals surface area (Å²) in [6, 6.07) is 29.7. The summed E-state index contributed by atoms with van der Waals surface area (Å²) in [7, 11) is -2.81. The van der Waals surface area contributed by atoms with Crippen LogP contribution in [0.5, 0.6) is 0 Å². The molecule has 0 radical (unpaired) electrons. The molecule has 0 saturated heterocycles. The standard InChI is InChI=1S/C21H22NOP/c1-2-21(22-18-12-6-3-7-13-18)24(23,19-14-8-4-9-15-19)20-16-10-5-11-17-20/h3-17,21-22H,2H2,1H3. The van der Waals surface area contributed by atoms with Crippen LogP contribution in [0, 0.1) is 0 Å². The monoisotopic (exact) mass is 335 g/mol. The SMILES string of the molecule is CCC(Nc1ccccc1)P(=O)(c1ccccc1)c1ccccc1. The summed E-state index contributed by atoms with van der Waals surface area (Å²) in [5.41, 5.74) is 0.997. The Kier molecular flexibility index (Phi) is 5.17. The van der Waals surface area contributed by atoms with Gasteiger partial charge in [-0.3, -0.25) is 0 Å². The van der Waals surface area contributed by atoms with Gasteiger partial charge in [0.05, 0.1) is 5.78 Å². The van der Waals surface area contributed by atoms with Crippen molar-refractivity contribution in [2.24, 2.45) is 0 Å². The maximum absolute atomic E-state index is 14.3. The van der Waals surface area contributed by atoms with Crippen molar-refractivity contribution in [2.45, 2.75) is 19.1 Å².